The minimum absolute atomic E-state index is 0.279. The van der Waals surface area contributed by atoms with Crippen molar-refractivity contribution in [2.75, 3.05) is 11.4 Å². The van der Waals surface area contributed by atoms with Gasteiger partial charge in [-0.2, -0.15) is 0 Å². The van der Waals surface area contributed by atoms with Crippen molar-refractivity contribution in [2.24, 2.45) is 0 Å². The molecule has 166 valence electrons. The summed E-state index contributed by atoms with van der Waals surface area (Å²) >= 11 is 1.35. The monoisotopic (exact) mass is 449 g/mol. The van der Waals surface area contributed by atoms with Crippen LogP contribution in [0.3, 0.4) is 0 Å². The van der Waals surface area contributed by atoms with Crippen LogP contribution in [0.4, 0.5) is 9.93 Å². The van der Waals surface area contributed by atoms with E-state index in [-0.39, 0.29) is 12.5 Å². The van der Waals surface area contributed by atoms with E-state index in [1.54, 1.807) is 20.8 Å². The Hall–Kier alpha value is -3.19. The van der Waals surface area contributed by atoms with Gasteiger partial charge >= 0.3 is 6.09 Å². The maximum absolute atomic E-state index is 13.1. The van der Waals surface area contributed by atoms with Crippen LogP contribution in [0.2, 0.25) is 0 Å². The summed E-state index contributed by atoms with van der Waals surface area (Å²) in [5.74, 6) is -0.330. The zero-order valence-electron chi connectivity index (χ0n) is 18.6. The Morgan fingerprint density at radius 3 is 2.12 bits per heavy atom. The van der Waals surface area contributed by atoms with Gasteiger partial charge in [0.1, 0.15) is 10.5 Å². The number of benzene rings is 2. The zero-order chi connectivity index (χ0) is 22.7. The van der Waals surface area contributed by atoms with E-state index in [1.807, 2.05) is 36.4 Å². The Morgan fingerprint density at radius 2 is 1.59 bits per heavy atom. The van der Waals surface area contributed by atoms with Crippen molar-refractivity contribution in [3.8, 4) is 0 Å². The molecule has 2 aromatic carbocycles. The lowest BCUT2D eigenvalue weighted by Crippen LogP contribution is -2.44. The molecule has 6 nitrogen and oxygen atoms in total. The Morgan fingerprint density at radius 1 is 1.03 bits per heavy atom. The van der Waals surface area contributed by atoms with Gasteiger partial charge in [-0.05, 0) is 31.9 Å². The van der Waals surface area contributed by atoms with Crippen LogP contribution < -0.4 is 4.90 Å². The van der Waals surface area contributed by atoms with Crippen molar-refractivity contribution in [1.29, 1.82) is 0 Å². The Balaban J connectivity index is 1.60. The van der Waals surface area contributed by atoms with Crippen LogP contribution in [0.1, 0.15) is 47.3 Å². The first-order valence-electron chi connectivity index (χ1n) is 10.7. The van der Waals surface area contributed by atoms with E-state index in [0.717, 1.165) is 10.8 Å². The number of thiazole rings is 1. The molecule has 0 spiro atoms. The molecule has 4 rings (SSSR count). The van der Waals surface area contributed by atoms with Crippen molar-refractivity contribution in [2.45, 2.75) is 45.9 Å². The molecule has 1 aliphatic rings. The standard InChI is InChI=1S/C25H27N3O3S/c1-25(2,3)31-24(30)28-15-14-20-21(22(28)29)32-23(26-20)27(16-18-10-6-4-7-11-18)17-19-12-8-5-9-13-19/h4-13H,14-17H2,1-3H3. The number of nitrogens with zero attached hydrogens (tertiary/aromatic N) is 3. The quantitative estimate of drug-likeness (QED) is 0.530. The normalized spacial score (nSPS) is 13.6. The highest BCUT2D eigenvalue weighted by Gasteiger charge is 2.35. The van der Waals surface area contributed by atoms with Gasteiger partial charge in [-0.1, -0.05) is 72.0 Å². The summed E-state index contributed by atoms with van der Waals surface area (Å²) in [6, 6.07) is 20.4. The number of hydrogen-bond acceptors (Lipinski definition) is 6. The third-order valence-corrected chi connectivity index (χ3v) is 6.16. The highest BCUT2D eigenvalue weighted by molar-refractivity contribution is 7.17. The summed E-state index contributed by atoms with van der Waals surface area (Å²) in [6.45, 7) is 7.00. The third-order valence-electron chi connectivity index (χ3n) is 5.01. The molecule has 1 aromatic heterocycles. The topological polar surface area (TPSA) is 62.7 Å². The van der Waals surface area contributed by atoms with Crippen LogP contribution >= 0.6 is 11.3 Å². The maximum atomic E-state index is 13.1. The smallest absolute Gasteiger partial charge is 0.417 e. The molecular weight excluding hydrogens is 422 g/mol. The second kappa shape index (κ2) is 9.12. The third kappa shape index (κ3) is 5.16. The number of fused-ring (bicyclic) bond motifs is 1. The molecule has 32 heavy (non-hydrogen) atoms. The molecule has 0 saturated carbocycles. The molecule has 2 amide bonds. The molecular formula is C25H27N3O3S. The fourth-order valence-electron chi connectivity index (χ4n) is 3.54. The SMILES string of the molecule is CC(C)(C)OC(=O)N1CCc2nc(N(Cc3ccccc3)Cc3ccccc3)sc2C1=O. The summed E-state index contributed by atoms with van der Waals surface area (Å²) in [5.41, 5.74) is 2.43. The van der Waals surface area contributed by atoms with Crippen molar-refractivity contribution in [1.82, 2.24) is 9.88 Å². The van der Waals surface area contributed by atoms with E-state index < -0.39 is 11.7 Å². The zero-order valence-corrected chi connectivity index (χ0v) is 19.4. The summed E-state index contributed by atoms with van der Waals surface area (Å²) in [5, 5.41) is 0.780. The number of carbonyl (C=O) groups excluding carboxylic acids is 2. The summed E-state index contributed by atoms with van der Waals surface area (Å²) in [6.07, 6.45) is -0.0741. The largest absolute Gasteiger partial charge is 0.443 e. The van der Waals surface area contributed by atoms with Crippen LogP contribution in [0, 0.1) is 0 Å². The predicted molar refractivity (Wildman–Crippen MR) is 126 cm³/mol. The Bertz CT molecular complexity index is 1050. The van der Waals surface area contributed by atoms with Crippen LogP contribution in [0.5, 0.6) is 0 Å². The number of imide groups is 1. The van der Waals surface area contributed by atoms with E-state index >= 15 is 0 Å². The number of amides is 2. The number of rotatable bonds is 5. The summed E-state index contributed by atoms with van der Waals surface area (Å²) in [4.78, 5) is 34.3. The molecule has 0 saturated heterocycles. The number of ether oxygens (including phenoxy) is 1. The van der Waals surface area contributed by atoms with Crippen LogP contribution in [-0.2, 0) is 24.2 Å². The summed E-state index contributed by atoms with van der Waals surface area (Å²) in [7, 11) is 0. The van der Waals surface area contributed by atoms with E-state index in [1.165, 1.54) is 27.4 Å². The van der Waals surface area contributed by atoms with E-state index in [2.05, 4.69) is 29.2 Å². The first-order valence-corrected chi connectivity index (χ1v) is 11.5. The van der Waals surface area contributed by atoms with Crippen LogP contribution in [0.15, 0.2) is 60.7 Å². The molecule has 0 N–H and O–H groups in total. The van der Waals surface area contributed by atoms with Crippen LogP contribution in [-0.4, -0.2) is 34.0 Å². The molecule has 0 fully saturated rings. The van der Waals surface area contributed by atoms with Gasteiger partial charge in [-0.3, -0.25) is 4.79 Å². The van der Waals surface area contributed by atoms with Gasteiger partial charge in [0.15, 0.2) is 5.13 Å². The number of carbonyl (C=O) groups is 2. The Labute approximate surface area is 192 Å². The van der Waals surface area contributed by atoms with Gasteiger partial charge in [-0.15, -0.1) is 0 Å². The fraction of sp³-hybridized carbons (Fsp3) is 0.320. The lowest BCUT2D eigenvalue weighted by molar-refractivity contribution is 0.0235. The summed E-state index contributed by atoms with van der Waals surface area (Å²) < 4.78 is 5.41. The van der Waals surface area contributed by atoms with Crippen molar-refractivity contribution in [3.05, 3.63) is 82.4 Å². The molecule has 1 aliphatic heterocycles. The maximum Gasteiger partial charge on any atom is 0.417 e. The van der Waals surface area contributed by atoms with Gasteiger partial charge in [0.2, 0.25) is 0 Å². The van der Waals surface area contributed by atoms with Crippen molar-refractivity contribution < 1.29 is 14.3 Å². The van der Waals surface area contributed by atoms with E-state index in [4.69, 9.17) is 9.72 Å². The molecule has 3 aromatic rings. The van der Waals surface area contributed by atoms with Crippen LogP contribution in [0.25, 0.3) is 0 Å². The van der Waals surface area contributed by atoms with Crippen molar-refractivity contribution >= 4 is 28.5 Å². The molecule has 0 radical (unpaired) electrons. The first kappa shape index (κ1) is 22.0. The number of anilines is 1. The fourth-order valence-corrected chi connectivity index (χ4v) is 4.60. The number of hydrogen-bond donors (Lipinski definition) is 0. The van der Waals surface area contributed by atoms with E-state index in [9.17, 15) is 9.59 Å². The molecule has 0 atom stereocenters. The minimum Gasteiger partial charge on any atom is -0.443 e. The first-order chi connectivity index (χ1) is 15.3. The molecule has 0 unspecified atom stereocenters. The minimum atomic E-state index is -0.654. The lowest BCUT2D eigenvalue weighted by atomic mass is 10.1. The molecule has 0 aliphatic carbocycles. The van der Waals surface area contributed by atoms with Crippen molar-refractivity contribution in [3.63, 3.8) is 0 Å². The molecule has 2 heterocycles. The highest BCUT2D eigenvalue weighted by Crippen LogP contribution is 2.33. The molecule has 7 heteroatoms. The lowest BCUT2D eigenvalue weighted by Gasteiger charge is -2.27. The van der Waals surface area contributed by atoms with Gasteiger partial charge in [0.05, 0.1) is 5.69 Å². The van der Waals surface area contributed by atoms with Gasteiger partial charge in [-0.25, -0.2) is 14.7 Å². The second-order valence-electron chi connectivity index (χ2n) is 8.79. The predicted octanol–water partition coefficient (Wildman–Crippen LogP) is 5.28. The van der Waals surface area contributed by atoms with Gasteiger partial charge < -0.3 is 9.64 Å². The molecule has 0 bridgehead atoms. The van der Waals surface area contributed by atoms with E-state index in [0.29, 0.717) is 24.4 Å². The Kier molecular flexibility index (Phi) is 6.28. The second-order valence-corrected chi connectivity index (χ2v) is 9.76. The number of aromatic nitrogens is 1. The van der Waals surface area contributed by atoms with Gasteiger partial charge in [0.25, 0.3) is 5.91 Å². The highest BCUT2D eigenvalue weighted by atomic mass is 32.1. The van der Waals surface area contributed by atoms with Gasteiger partial charge in [0, 0.05) is 26.1 Å². The average Bonchev–Trinajstić information content (AvgIpc) is 3.19. The average molecular weight is 450 g/mol.